The number of rotatable bonds is 5. The molecule has 1 aliphatic rings. The molecule has 1 aromatic heterocycles. The number of hydrogen-bond acceptors (Lipinski definition) is 6. The van der Waals surface area contributed by atoms with Crippen LogP contribution >= 0.6 is 0 Å². The highest BCUT2D eigenvalue weighted by Crippen LogP contribution is 2.21. The first kappa shape index (κ1) is 17.1. The average molecular weight is 343 g/mol. The van der Waals surface area contributed by atoms with Gasteiger partial charge in [-0.2, -0.15) is 4.68 Å². The number of likely N-dealkylation sites (N-methyl/N-ethyl adjacent to an activating group) is 1. The van der Waals surface area contributed by atoms with Gasteiger partial charge in [0.15, 0.2) is 6.61 Å². The van der Waals surface area contributed by atoms with Crippen molar-refractivity contribution in [2.75, 3.05) is 13.7 Å². The molecule has 132 valence electrons. The summed E-state index contributed by atoms with van der Waals surface area (Å²) in [5.74, 6) is -0.753. The second-order valence-corrected chi connectivity index (χ2v) is 6.14. The maximum atomic E-state index is 12.4. The maximum Gasteiger partial charge on any atom is 0.340 e. The summed E-state index contributed by atoms with van der Waals surface area (Å²) in [6.07, 6.45) is 6.93. The monoisotopic (exact) mass is 343 g/mol. The van der Waals surface area contributed by atoms with Gasteiger partial charge in [0.25, 0.3) is 5.91 Å². The highest BCUT2D eigenvalue weighted by atomic mass is 16.5. The molecule has 1 fully saturated rings. The molecular formula is C17H21N5O3. The van der Waals surface area contributed by atoms with Gasteiger partial charge >= 0.3 is 5.97 Å². The van der Waals surface area contributed by atoms with E-state index in [1.165, 1.54) is 17.4 Å². The molecule has 0 aliphatic heterocycles. The third-order valence-corrected chi connectivity index (χ3v) is 4.56. The van der Waals surface area contributed by atoms with Crippen LogP contribution in [0.25, 0.3) is 5.69 Å². The Hall–Kier alpha value is -2.77. The summed E-state index contributed by atoms with van der Waals surface area (Å²) >= 11 is 0. The van der Waals surface area contributed by atoms with E-state index < -0.39 is 5.97 Å². The van der Waals surface area contributed by atoms with Gasteiger partial charge in [0.1, 0.15) is 6.33 Å². The minimum atomic E-state index is -0.573. The van der Waals surface area contributed by atoms with Crippen molar-refractivity contribution in [1.82, 2.24) is 25.1 Å². The van der Waals surface area contributed by atoms with Crippen molar-refractivity contribution >= 4 is 11.9 Å². The van der Waals surface area contributed by atoms with Gasteiger partial charge in [-0.25, -0.2) is 4.79 Å². The Labute approximate surface area is 145 Å². The summed E-state index contributed by atoms with van der Waals surface area (Å²) in [6, 6.07) is 7.07. The Balaban J connectivity index is 1.62. The average Bonchev–Trinajstić information content (AvgIpc) is 3.20. The number of ether oxygens (including phenoxy) is 1. The summed E-state index contributed by atoms with van der Waals surface area (Å²) in [4.78, 5) is 26.4. The molecular weight excluding hydrogens is 322 g/mol. The third kappa shape index (κ3) is 4.01. The van der Waals surface area contributed by atoms with Crippen LogP contribution in [0.5, 0.6) is 0 Å². The zero-order valence-electron chi connectivity index (χ0n) is 14.2. The van der Waals surface area contributed by atoms with Crippen LogP contribution in [0.3, 0.4) is 0 Å². The predicted molar refractivity (Wildman–Crippen MR) is 89.1 cm³/mol. The smallest absolute Gasteiger partial charge is 0.340 e. The number of amides is 1. The number of esters is 1. The van der Waals surface area contributed by atoms with Gasteiger partial charge in [-0.3, -0.25) is 4.79 Å². The Kier molecular flexibility index (Phi) is 5.37. The van der Waals surface area contributed by atoms with Crippen LogP contribution in [-0.2, 0) is 9.53 Å². The van der Waals surface area contributed by atoms with Crippen molar-refractivity contribution in [3.8, 4) is 5.69 Å². The first-order valence-corrected chi connectivity index (χ1v) is 8.42. The van der Waals surface area contributed by atoms with Crippen LogP contribution in [0.1, 0.15) is 42.5 Å². The van der Waals surface area contributed by atoms with Crippen molar-refractivity contribution in [2.45, 2.75) is 38.1 Å². The van der Waals surface area contributed by atoms with Crippen molar-refractivity contribution < 1.29 is 14.3 Å². The number of benzene rings is 1. The van der Waals surface area contributed by atoms with E-state index in [-0.39, 0.29) is 18.6 Å². The van der Waals surface area contributed by atoms with Gasteiger partial charge in [-0.05, 0) is 35.4 Å². The molecule has 8 nitrogen and oxygen atoms in total. The third-order valence-electron chi connectivity index (χ3n) is 4.56. The quantitative estimate of drug-likeness (QED) is 0.766. The number of tetrazole rings is 1. The molecule has 0 unspecified atom stereocenters. The molecule has 0 atom stereocenters. The van der Waals surface area contributed by atoms with Crippen LogP contribution in [-0.4, -0.2) is 56.7 Å². The van der Waals surface area contributed by atoms with Crippen molar-refractivity contribution in [2.24, 2.45) is 0 Å². The first-order chi connectivity index (χ1) is 12.2. The molecule has 1 saturated carbocycles. The highest BCUT2D eigenvalue weighted by molar-refractivity contribution is 5.94. The van der Waals surface area contributed by atoms with E-state index in [0.29, 0.717) is 11.3 Å². The highest BCUT2D eigenvalue weighted by Gasteiger charge is 2.23. The van der Waals surface area contributed by atoms with Crippen LogP contribution in [0.4, 0.5) is 0 Å². The summed E-state index contributed by atoms with van der Waals surface area (Å²) in [7, 11) is 1.78. The van der Waals surface area contributed by atoms with E-state index in [1.54, 1.807) is 36.2 Å². The van der Waals surface area contributed by atoms with Gasteiger partial charge in [0, 0.05) is 13.1 Å². The second-order valence-electron chi connectivity index (χ2n) is 6.14. The van der Waals surface area contributed by atoms with Crippen molar-refractivity contribution in [3.05, 3.63) is 36.2 Å². The summed E-state index contributed by atoms with van der Waals surface area (Å²) in [5, 5.41) is 10.9. The molecule has 3 rings (SSSR count). The molecule has 1 amide bonds. The van der Waals surface area contributed by atoms with Gasteiger partial charge in [-0.15, -0.1) is 5.10 Å². The predicted octanol–water partition coefficient (Wildman–Crippen LogP) is 1.61. The van der Waals surface area contributed by atoms with E-state index in [0.717, 1.165) is 25.7 Å². The van der Waals surface area contributed by atoms with Gasteiger partial charge in [0.05, 0.1) is 11.3 Å². The van der Waals surface area contributed by atoms with E-state index >= 15 is 0 Å². The number of para-hydroxylation sites is 1. The normalized spacial score (nSPS) is 14.9. The van der Waals surface area contributed by atoms with Crippen LogP contribution in [0.15, 0.2) is 30.6 Å². The molecule has 25 heavy (non-hydrogen) atoms. The van der Waals surface area contributed by atoms with Crippen molar-refractivity contribution in [3.63, 3.8) is 0 Å². The lowest BCUT2D eigenvalue weighted by Crippen LogP contribution is -2.40. The molecule has 1 aliphatic carbocycles. The first-order valence-electron chi connectivity index (χ1n) is 8.42. The van der Waals surface area contributed by atoms with Crippen LogP contribution < -0.4 is 0 Å². The second kappa shape index (κ2) is 7.87. The molecule has 0 spiro atoms. The van der Waals surface area contributed by atoms with E-state index in [4.69, 9.17) is 4.74 Å². The lowest BCUT2D eigenvalue weighted by Gasteiger charge is -2.31. The zero-order valence-corrected chi connectivity index (χ0v) is 14.2. The standard InChI is InChI=1S/C17H21N5O3/c1-21(13-7-3-2-4-8-13)16(23)11-25-17(24)14-9-5-6-10-15(14)22-12-18-19-20-22/h5-6,9-10,12-13H,2-4,7-8,11H2,1H3. The summed E-state index contributed by atoms with van der Waals surface area (Å²) in [6.45, 7) is -0.268. The maximum absolute atomic E-state index is 12.4. The molecule has 1 heterocycles. The van der Waals surface area contributed by atoms with Gasteiger partial charge in [-0.1, -0.05) is 31.4 Å². The molecule has 1 aromatic carbocycles. The van der Waals surface area contributed by atoms with Crippen LogP contribution in [0, 0.1) is 0 Å². The molecule has 0 radical (unpaired) electrons. The summed E-state index contributed by atoms with van der Waals surface area (Å²) in [5.41, 5.74) is 0.813. The minimum absolute atomic E-state index is 0.180. The number of hydrogen-bond donors (Lipinski definition) is 0. The molecule has 0 bridgehead atoms. The molecule has 0 N–H and O–H groups in total. The lowest BCUT2D eigenvalue weighted by atomic mass is 9.94. The Morgan fingerprint density at radius 3 is 2.72 bits per heavy atom. The number of nitrogens with zero attached hydrogens (tertiary/aromatic N) is 5. The SMILES string of the molecule is CN(C(=O)COC(=O)c1ccccc1-n1cnnn1)C1CCCCC1. The zero-order chi connectivity index (χ0) is 17.6. The van der Waals surface area contributed by atoms with Gasteiger partial charge in [0.2, 0.25) is 0 Å². The molecule has 8 heteroatoms. The topological polar surface area (TPSA) is 90.2 Å². The number of carbonyl (C=O) groups excluding carboxylic acids is 2. The molecule has 0 saturated heterocycles. The Morgan fingerprint density at radius 2 is 2.00 bits per heavy atom. The van der Waals surface area contributed by atoms with E-state index in [9.17, 15) is 9.59 Å². The Bertz CT molecular complexity index is 726. The van der Waals surface area contributed by atoms with E-state index in [2.05, 4.69) is 15.5 Å². The largest absolute Gasteiger partial charge is 0.452 e. The van der Waals surface area contributed by atoms with Gasteiger partial charge < -0.3 is 9.64 Å². The minimum Gasteiger partial charge on any atom is -0.452 e. The Morgan fingerprint density at radius 1 is 1.24 bits per heavy atom. The fraction of sp³-hybridized carbons (Fsp3) is 0.471. The lowest BCUT2D eigenvalue weighted by molar-refractivity contribution is -0.135. The van der Waals surface area contributed by atoms with Crippen molar-refractivity contribution in [1.29, 1.82) is 0 Å². The number of carbonyl (C=O) groups is 2. The van der Waals surface area contributed by atoms with E-state index in [1.807, 2.05) is 0 Å². The summed E-state index contributed by atoms with van der Waals surface area (Å²) < 4.78 is 6.61. The molecule has 2 aromatic rings. The van der Waals surface area contributed by atoms with Crippen LogP contribution in [0.2, 0.25) is 0 Å². The fourth-order valence-electron chi connectivity index (χ4n) is 3.10. The fourth-order valence-corrected chi connectivity index (χ4v) is 3.10. The number of aromatic nitrogens is 4.